The zero-order valence-corrected chi connectivity index (χ0v) is 9.97. The Morgan fingerprint density at radius 1 is 1.56 bits per heavy atom. The van der Waals surface area contributed by atoms with Gasteiger partial charge in [0.25, 0.3) is 0 Å². The van der Waals surface area contributed by atoms with E-state index in [1.807, 2.05) is 0 Å². The summed E-state index contributed by atoms with van der Waals surface area (Å²) >= 11 is 3.15. The van der Waals surface area contributed by atoms with Gasteiger partial charge in [0.1, 0.15) is 0 Å². The third-order valence-electron chi connectivity index (χ3n) is 1.86. The average Bonchev–Trinajstić information content (AvgIpc) is 2.19. The zero-order chi connectivity index (χ0) is 12.3. The van der Waals surface area contributed by atoms with Crippen molar-refractivity contribution in [2.24, 2.45) is 5.73 Å². The van der Waals surface area contributed by atoms with E-state index in [-0.39, 0.29) is 12.4 Å². The molecule has 1 atom stereocenters. The normalized spacial score (nSPS) is 13.6. The molecule has 1 rings (SSSR count). The molecular formula is C9H10BrF3N2O. The van der Waals surface area contributed by atoms with Crippen molar-refractivity contribution in [3.63, 3.8) is 0 Å². The molecule has 1 heterocycles. The molecule has 0 saturated heterocycles. The average molecular weight is 299 g/mol. The summed E-state index contributed by atoms with van der Waals surface area (Å²) < 4.78 is 42.1. The maximum Gasteiger partial charge on any atom is 0.425 e. The summed E-state index contributed by atoms with van der Waals surface area (Å²) in [6.07, 6.45) is -4.97. The molecule has 0 aliphatic heterocycles. The van der Waals surface area contributed by atoms with Crippen LogP contribution in [0.2, 0.25) is 0 Å². The molecule has 0 bridgehead atoms. The Labute approximate surface area is 98.9 Å². The van der Waals surface area contributed by atoms with Crippen LogP contribution in [-0.4, -0.2) is 17.3 Å². The number of halogens is 4. The van der Waals surface area contributed by atoms with Crippen LogP contribution >= 0.6 is 15.9 Å². The second-order valence-corrected chi connectivity index (χ2v) is 4.04. The van der Waals surface area contributed by atoms with Gasteiger partial charge in [-0.3, -0.25) is 0 Å². The van der Waals surface area contributed by atoms with E-state index in [1.165, 1.54) is 6.20 Å². The molecule has 3 nitrogen and oxygen atoms in total. The molecule has 90 valence electrons. The van der Waals surface area contributed by atoms with Crippen molar-refractivity contribution in [3.05, 3.63) is 22.3 Å². The summed E-state index contributed by atoms with van der Waals surface area (Å²) in [5.41, 5.74) is 5.80. The second kappa shape index (κ2) is 5.01. The van der Waals surface area contributed by atoms with E-state index in [0.717, 1.165) is 6.92 Å². The van der Waals surface area contributed by atoms with Crippen LogP contribution in [0.5, 0.6) is 5.88 Å². The standard InChI is InChI=1S/C9H10BrF3N2O/c1-5(9(11,12)13)16-8-6(3-14)2-7(10)4-15-8/h2,4-5H,3,14H2,1H3. The first-order chi connectivity index (χ1) is 7.34. The monoisotopic (exact) mass is 298 g/mol. The Kier molecular flexibility index (Phi) is 4.15. The number of alkyl halides is 3. The fourth-order valence-electron chi connectivity index (χ4n) is 0.955. The van der Waals surface area contributed by atoms with Crippen LogP contribution in [0.25, 0.3) is 0 Å². The minimum Gasteiger partial charge on any atom is -0.465 e. The summed E-state index contributed by atoms with van der Waals surface area (Å²) in [6.45, 7) is 0.983. The number of hydrogen-bond acceptors (Lipinski definition) is 3. The van der Waals surface area contributed by atoms with Gasteiger partial charge in [0.05, 0.1) is 0 Å². The van der Waals surface area contributed by atoms with Crippen LogP contribution in [0.15, 0.2) is 16.7 Å². The van der Waals surface area contributed by atoms with Crippen LogP contribution in [0.1, 0.15) is 12.5 Å². The summed E-state index contributed by atoms with van der Waals surface area (Å²) in [5, 5.41) is 0. The van der Waals surface area contributed by atoms with E-state index in [4.69, 9.17) is 10.5 Å². The lowest BCUT2D eigenvalue weighted by molar-refractivity contribution is -0.190. The third kappa shape index (κ3) is 3.34. The first-order valence-electron chi connectivity index (χ1n) is 4.42. The van der Waals surface area contributed by atoms with Crippen molar-refractivity contribution in [1.82, 2.24) is 4.98 Å². The van der Waals surface area contributed by atoms with Gasteiger partial charge in [0.15, 0.2) is 6.10 Å². The van der Waals surface area contributed by atoms with Gasteiger partial charge in [0.2, 0.25) is 5.88 Å². The Balaban J connectivity index is 2.89. The molecule has 0 spiro atoms. The smallest absolute Gasteiger partial charge is 0.425 e. The fourth-order valence-corrected chi connectivity index (χ4v) is 1.33. The minimum absolute atomic E-state index is 0.0619. The number of aromatic nitrogens is 1. The first-order valence-corrected chi connectivity index (χ1v) is 5.21. The van der Waals surface area contributed by atoms with Crippen molar-refractivity contribution in [1.29, 1.82) is 0 Å². The van der Waals surface area contributed by atoms with Gasteiger partial charge in [-0.15, -0.1) is 0 Å². The summed E-state index contributed by atoms with van der Waals surface area (Å²) in [7, 11) is 0. The first kappa shape index (κ1) is 13.2. The second-order valence-electron chi connectivity index (χ2n) is 3.12. The summed E-state index contributed by atoms with van der Waals surface area (Å²) in [5.74, 6) is -0.0875. The highest BCUT2D eigenvalue weighted by Gasteiger charge is 2.38. The number of ether oxygens (including phenoxy) is 1. The van der Waals surface area contributed by atoms with Crippen molar-refractivity contribution in [3.8, 4) is 5.88 Å². The van der Waals surface area contributed by atoms with Crippen molar-refractivity contribution < 1.29 is 17.9 Å². The molecule has 1 aromatic heterocycles. The van der Waals surface area contributed by atoms with Gasteiger partial charge in [-0.05, 0) is 28.9 Å². The maximum absolute atomic E-state index is 12.3. The van der Waals surface area contributed by atoms with E-state index >= 15 is 0 Å². The Morgan fingerprint density at radius 3 is 2.69 bits per heavy atom. The molecular weight excluding hydrogens is 289 g/mol. The molecule has 0 aliphatic carbocycles. The lowest BCUT2D eigenvalue weighted by Gasteiger charge is -2.18. The highest BCUT2D eigenvalue weighted by Crippen LogP contribution is 2.26. The summed E-state index contributed by atoms with van der Waals surface area (Å²) in [4.78, 5) is 3.75. The van der Waals surface area contributed by atoms with Crippen LogP contribution < -0.4 is 10.5 Å². The van der Waals surface area contributed by atoms with Gasteiger partial charge in [0, 0.05) is 22.8 Å². The quantitative estimate of drug-likeness (QED) is 0.933. The molecule has 16 heavy (non-hydrogen) atoms. The van der Waals surface area contributed by atoms with Crippen LogP contribution in [0.4, 0.5) is 13.2 Å². The van der Waals surface area contributed by atoms with E-state index in [9.17, 15) is 13.2 Å². The van der Waals surface area contributed by atoms with Crippen molar-refractivity contribution in [2.45, 2.75) is 25.7 Å². The van der Waals surface area contributed by atoms with Gasteiger partial charge >= 0.3 is 6.18 Å². The van der Waals surface area contributed by atoms with Crippen LogP contribution in [-0.2, 0) is 6.54 Å². The topological polar surface area (TPSA) is 48.1 Å². The molecule has 0 aromatic carbocycles. The largest absolute Gasteiger partial charge is 0.465 e. The molecule has 1 aromatic rings. The number of nitrogens with two attached hydrogens (primary N) is 1. The van der Waals surface area contributed by atoms with Crippen molar-refractivity contribution >= 4 is 15.9 Å². The molecule has 0 aliphatic rings. The van der Waals surface area contributed by atoms with E-state index in [2.05, 4.69) is 20.9 Å². The van der Waals surface area contributed by atoms with Gasteiger partial charge < -0.3 is 10.5 Å². The zero-order valence-electron chi connectivity index (χ0n) is 8.38. The van der Waals surface area contributed by atoms with E-state index in [1.54, 1.807) is 6.07 Å². The van der Waals surface area contributed by atoms with E-state index in [0.29, 0.717) is 10.0 Å². The molecule has 0 amide bonds. The van der Waals surface area contributed by atoms with Crippen LogP contribution in [0, 0.1) is 0 Å². The molecule has 0 radical (unpaired) electrons. The van der Waals surface area contributed by atoms with E-state index < -0.39 is 12.3 Å². The highest BCUT2D eigenvalue weighted by atomic mass is 79.9. The van der Waals surface area contributed by atoms with Gasteiger partial charge in [-0.25, -0.2) is 4.98 Å². The molecule has 1 unspecified atom stereocenters. The lowest BCUT2D eigenvalue weighted by atomic mass is 10.2. The fraction of sp³-hybridized carbons (Fsp3) is 0.444. The minimum atomic E-state index is -4.42. The molecule has 0 saturated carbocycles. The predicted molar refractivity (Wildman–Crippen MR) is 56.0 cm³/mol. The Hall–Kier alpha value is -0.820. The molecule has 7 heteroatoms. The number of hydrogen-bond donors (Lipinski definition) is 1. The van der Waals surface area contributed by atoms with Crippen molar-refractivity contribution in [2.75, 3.05) is 0 Å². The highest BCUT2D eigenvalue weighted by molar-refractivity contribution is 9.10. The SMILES string of the molecule is CC(Oc1ncc(Br)cc1CN)C(F)(F)F. The molecule has 2 N–H and O–H groups in total. The predicted octanol–water partition coefficient (Wildman–Crippen LogP) is 2.63. The number of rotatable bonds is 3. The lowest BCUT2D eigenvalue weighted by Crippen LogP contribution is -2.31. The number of pyridine rings is 1. The van der Waals surface area contributed by atoms with Gasteiger partial charge in [-0.1, -0.05) is 0 Å². The van der Waals surface area contributed by atoms with Gasteiger partial charge in [-0.2, -0.15) is 13.2 Å². The number of nitrogens with zero attached hydrogens (tertiary/aromatic N) is 1. The maximum atomic E-state index is 12.3. The molecule has 0 fully saturated rings. The third-order valence-corrected chi connectivity index (χ3v) is 2.29. The van der Waals surface area contributed by atoms with Crippen LogP contribution in [0.3, 0.4) is 0 Å². The Morgan fingerprint density at radius 2 is 2.19 bits per heavy atom. The summed E-state index contributed by atoms with van der Waals surface area (Å²) in [6, 6.07) is 1.57. The Bertz CT molecular complexity index is 370.